The van der Waals surface area contributed by atoms with Gasteiger partial charge in [-0.05, 0) is 23.1 Å². The fraction of sp³-hybridized carbons (Fsp3) is 0.355. The highest BCUT2D eigenvalue weighted by Crippen LogP contribution is 2.17. The number of hydrogen-bond donors (Lipinski definition) is 1. The van der Waals surface area contributed by atoms with Crippen molar-refractivity contribution >= 4 is 11.8 Å². The van der Waals surface area contributed by atoms with Crippen LogP contribution in [0.3, 0.4) is 0 Å². The highest BCUT2D eigenvalue weighted by atomic mass is 16.5. The van der Waals surface area contributed by atoms with Crippen LogP contribution in [0, 0.1) is 0 Å². The Morgan fingerprint density at radius 2 is 1.38 bits per heavy atom. The number of amides is 2. The van der Waals surface area contributed by atoms with Crippen molar-refractivity contribution in [1.29, 1.82) is 0 Å². The van der Waals surface area contributed by atoms with Crippen molar-refractivity contribution in [3.05, 3.63) is 108 Å². The summed E-state index contributed by atoms with van der Waals surface area (Å²) in [6.07, 6.45) is 1.46. The van der Waals surface area contributed by atoms with Crippen LogP contribution in [0.1, 0.15) is 23.1 Å². The topological polar surface area (TPSA) is 61.9 Å². The second-order valence-electron chi connectivity index (χ2n) is 9.44. The average Bonchev–Trinajstić information content (AvgIpc) is 2.96. The average molecular weight is 500 g/mol. The van der Waals surface area contributed by atoms with E-state index in [2.05, 4.69) is 10.2 Å². The van der Waals surface area contributed by atoms with Crippen molar-refractivity contribution in [1.82, 2.24) is 15.1 Å². The number of nitrogens with one attached hydrogen (secondary N) is 1. The SMILES string of the molecule is O=C(NCCN1CCOCC1)[C@@H](Cc1ccccc1)N(Cc1ccccc1)C(=O)CCc1ccccc1. The number of morpholine rings is 1. The summed E-state index contributed by atoms with van der Waals surface area (Å²) in [5.74, 6) is -0.127. The van der Waals surface area contributed by atoms with Gasteiger partial charge in [0.25, 0.3) is 0 Å². The summed E-state index contributed by atoms with van der Waals surface area (Å²) in [4.78, 5) is 31.4. The fourth-order valence-corrected chi connectivity index (χ4v) is 4.65. The van der Waals surface area contributed by atoms with Crippen LogP contribution in [0.4, 0.5) is 0 Å². The van der Waals surface area contributed by atoms with Gasteiger partial charge in [-0.2, -0.15) is 0 Å². The van der Waals surface area contributed by atoms with Crippen LogP contribution in [-0.2, 0) is 33.7 Å². The maximum Gasteiger partial charge on any atom is 0.243 e. The Balaban J connectivity index is 1.52. The smallest absolute Gasteiger partial charge is 0.243 e. The van der Waals surface area contributed by atoms with E-state index in [0.29, 0.717) is 32.4 Å². The Labute approximate surface area is 220 Å². The molecule has 4 rings (SSSR count). The summed E-state index contributed by atoms with van der Waals surface area (Å²) in [5, 5.41) is 3.13. The molecule has 1 aliphatic heterocycles. The molecule has 6 nitrogen and oxygen atoms in total. The first-order chi connectivity index (χ1) is 18.2. The third-order valence-corrected chi connectivity index (χ3v) is 6.77. The quantitative estimate of drug-likeness (QED) is 0.413. The van der Waals surface area contributed by atoms with Gasteiger partial charge in [0.05, 0.1) is 13.2 Å². The first-order valence-corrected chi connectivity index (χ1v) is 13.2. The minimum atomic E-state index is -0.601. The molecule has 0 aliphatic carbocycles. The van der Waals surface area contributed by atoms with Crippen molar-refractivity contribution in [3.8, 4) is 0 Å². The monoisotopic (exact) mass is 499 g/mol. The minimum absolute atomic E-state index is 0.0167. The lowest BCUT2D eigenvalue weighted by molar-refractivity contribution is -0.141. The van der Waals surface area contributed by atoms with E-state index in [1.165, 1.54) is 0 Å². The van der Waals surface area contributed by atoms with Gasteiger partial charge in [0, 0.05) is 45.6 Å². The second kappa shape index (κ2) is 14.3. The molecule has 37 heavy (non-hydrogen) atoms. The van der Waals surface area contributed by atoms with Gasteiger partial charge in [-0.3, -0.25) is 14.5 Å². The maximum atomic E-state index is 13.7. The van der Waals surface area contributed by atoms with Crippen molar-refractivity contribution in [2.45, 2.75) is 31.8 Å². The molecular weight excluding hydrogens is 462 g/mol. The van der Waals surface area contributed by atoms with Crippen molar-refractivity contribution < 1.29 is 14.3 Å². The number of carbonyl (C=O) groups excluding carboxylic acids is 2. The molecule has 1 heterocycles. The lowest BCUT2D eigenvalue weighted by Gasteiger charge is -2.32. The molecule has 0 aromatic heterocycles. The molecular formula is C31H37N3O3. The molecule has 6 heteroatoms. The number of nitrogens with zero attached hydrogens (tertiary/aromatic N) is 2. The fourth-order valence-electron chi connectivity index (χ4n) is 4.65. The molecule has 3 aromatic rings. The van der Waals surface area contributed by atoms with E-state index in [0.717, 1.165) is 49.5 Å². The summed E-state index contributed by atoms with van der Waals surface area (Å²) < 4.78 is 5.43. The molecule has 0 bridgehead atoms. The minimum Gasteiger partial charge on any atom is -0.379 e. The molecule has 1 N–H and O–H groups in total. The third kappa shape index (κ3) is 8.55. The van der Waals surface area contributed by atoms with Gasteiger partial charge in [-0.15, -0.1) is 0 Å². The molecule has 3 aromatic carbocycles. The molecule has 1 saturated heterocycles. The third-order valence-electron chi connectivity index (χ3n) is 6.77. The molecule has 2 amide bonds. The van der Waals surface area contributed by atoms with E-state index >= 15 is 0 Å². The molecule has 1 fully saturated rings. The number of rotatable bonds is 12. The van der Waals surface area contributed by atoms with Crippen LogP contribution >= 0.6 is 0 Å². The van der Waals surface area contributed by atoms with E-state index in [9.17, 15) is 9.59 Å². The largest absolute Gasteiger partial charge is 0.379 e. The van der Waals surface area contributed by atoms with E-state index < -0.39 is 6.04 Å². The first-order valence-electron chi connectivity index (χ1n) is 13.2. The zero-order valence-electron chi connectivity index (χ0n) is 21.4. The Bertz CT molecular complexity index is 1090. The van der Waals surface area contributed by atoms with E-state index in [1.54, 1.807) is 4.90 Å². The standard InChI is InChI=1S/C31H37N3O3/c35-30(17-16-26-10-4-1-5-11-26)34(25-28-14-8-3-9-15-28)29(24-27-12-6-2-7-13-27)31(36)32-18-19-33-20-22-37-23-21-33/h1-15,29H,16-25H2,(H,32,36)/t29-/m1/s1. The lowest BCUT2D eigenvalue weighted by Crippen LogP contribution is -2.52. The van der Waals surface area contributed by atoms with Crippen LogP contribution in [0.15, 0.2) is 91.0 Å². The first kappa shape index (κ1) is 26.6. The molecule has 0 radical (unpaired) electrons. The molecule has 194 valence electrons. The predicted octanol–water partition coefficient (Wildman–Crippen LogP) is 3.71. The molecule has 0 unspecified atom stereocenters. The Morgan fingerprint density at radius 3 is 2.00 bits per heavy atom. The van der Waals surface area contributed by atoms with Gasteiger partial charge in [-0.25, -0.2) is 0 Å². The molecule has 0 saturated carbocycles. The summed E-state index contributed by atoms with van der Waals surface area (Å²) in [6.45, 7) is 4.91. The Morgan fingerprint density at radius 1 is 0.811 bits per heavy atom. The van der Waals surface area contributed by atoms with Gasteiger partial charge < -0.3 is 15.0 Å². The van der Waals surface area contributed by atoms with Crippen LogP contribution in [-0.4, -0.2) is 67.0 Å². The number of aryl methyl sites for hydroxylation is 1. The van der Waals surface area contributed by atoms with Gasteiger partial charge in [0.15, 0.2) is 0 Å². The van der Waals surface area contributed by atoms with E-state index in [-0.39, 0.29) is 11.8 Å². The van der Waals surface area contributed by atoms with E-state index in [1.807, 2.05) is 91.0 Å². The van der Waals surface area contributed by atoms with Gasteiger partial charge in [0.2, 0.25) is 11.8 Å². The molecule has 1 aliphatic rings. The number of ether oxygens (including phenoxy) is 1. The Hall–Kier alpha value is -3.48. The van der Waals surface area contributed by atoms with Gasteiger partial charge >= 0.3 is 0 Å². The van der Waals surface area contributed by atoms with Crippen molar-refractivity contribution in [3.63, 3.8) is 0 Å². The van der Waals surface area contributed by atoms with Crippen molar-refractivity contribution in [2.75, 3.05) is 39.4 Å². The summed E-state index contributed by atoms with van der Waals surface area (Å²) >= 11 is 0. The number of hydrogen-bond acceptors (Lipinski definition) is 4. The summed E-state index contributed by atoms with van der Waals surface area (Å²) in [7, 11) is 0. The van der Waals surface area contributed by atoms with E-state index in [4.69, 9.17) is 4.74 Å². The molecule has 0 spiro atoms. The van der Waals surface area contributed by atoms with Crippen LogP contribution in [0.5, 0.6) is 0 Å². The van der Waals surface area contributed by atoms with Crippen LogP contribution in [0.2, 0.25) is 0 Å². The summed E-state index contributed by atoms with van der Waals surface area (Å²) in [5.41, 5.74) is 3.16. The molecule has 1 atom stereocenters. The Kier molecular flexibility index (Phi) is 10.3. The van der Waals surface area contributed by atoms with Crippen LogP contribution < -0.4 is 5.32 Å². The predicted molar refractivity (Wildman–Crippen MR) is 146 cm³/mol. The highest BCUT2D eigenvalue weighted by molar-refractivity contribution is 5.88. The van der Waals surface area contributed by atoms with Crippen molar-refractivity contribution in [2.24, 2.45) is 0 Å². The normalized spacial score (nSPS) is 14.6. The number of benzene rings is 3. The highest BCUT2D eigenvalue weighted by Gasteiger charge is 2.30. The summed E-state index contributed by atoms with van der Waals surface area (Å²) in [6, 6.07) is 29.3. The zero-order chi connectivity index (χ0) is 25.7. The zero-order valence-corrected chi connectivity index (χ0v) is 21.4. The maximum absolute atomic E-state index is 13.7. The van der Waals surface area contributed by atoms with Crippen LogP contribution in [0.25, 0.3) is 0 Å². The lowest BCUT2D eigenvalue weighted by atomic mass is 10.0. The second-order valence-corrected chi connectivity index (χ2v) is 9.44. The van der Waals surface area contributed by atoms with Gasteiger partial charge in [-0.1, -0.05) is 91.0 Å². The number of carbonyl (C=O) groups is 2. The van der Waals surface area contributed by atoms with Gasteiger partial charge in [0.1, 0.15) is 6.04 Å².